The van der Waals surface area contributed by atoms with Gasteiger partial charge in [0.1, 0.15) is 17.6 Å². The fourth-order valence-corrected chi connectivity index (χ4v) is 1.58. The normalized spacial score (nSPS) is 11.9. The van der Waals surface area contributed by atoms with Gasteiger partial charge in [-0.1, -0.05) is 30.3 Å². The lowest BCUT2D eigenvalue weighted by Crippen LogP contribution is -2.15. The number of ketones is 1. The summed E-state index contributed by atoms with van der Waals surface area (Å²) in [6.45, 7) is 1.45. The molecule has 0 bridgehead atoms. The Bertz CT molecular complexity index is 532. The lowest BCUT2D eigenvalue weighted by molar-refractivity contribution is 0.0779. The van der Waals surface area contributed by atoms with E-state index in [1.54, 1.807) is 24.3 Å². The van der Waals surface area contributed by atoms with Crippen molar-refractivity contribution in [2.24, 2.45) is 0 Å². The number of rotatable bonds is 4. The molecule has 0 radical (unpaired) electrons. The highest BCUT2D eigenvalue weighted by molar-refractivity contribution is 5.99. The van der Waals surface area contributed by atoms with Gasteiger partial charge in [-0.05, 0) is 31.2 Å². The topological polar surface area (TPSA) is 46.5 Å². The van der Waals surface area contributed by atoms with Gasteiger partial charge in [0, 0.05) is 5.56 Å². The summed E-state index contributed by atoms with van der Waals surface area (Å²) in [5.74, 6) is 0.973. The van der Waals surface area contributed by atoms with Crippen LogP contribution in [0.2, 0.25) is 0 Å². The first-order valence-electron chi connectivity index (χ1n) is 5.72. The Labute approximate surface area is 106 Å². The summed E-state index contributed by atoms with van der Waals surface area (Å²) in [6.07, 6.45) is -1.00. The molecule has 0 aromatic heterocycles. The van der Waals surface area contributed by atoms with Crippen LogP contribution in [0.5, 0.6) is 11.5 Å². The van der Waals surface area contributed by atoms with Crippen molar-refractivity contribution in [3.63, 3.8) is 0 Å². The fraction of sp³-hybridized carbons (Fsp3) is 0.133. The molecule has 0 aliphatic heterocycles. The monoisotopic (exact) mass is 242 g/mol. The van der Waals surface area contributed by atoms with Gasteiger partial charge >= 0.3 is 0 Å². The van der Waals surface area contributed by atoms with E-state index in [0.717, 1.165) is 0 Å². The molecule has 92 valence electrons. The predicted molar refractivity (Wildman–Crippen MR) is 69.0 cm³/mol. The van der Waals surface area contributed by atoms with Gasteiger partial charge in [0.25, 0.3) is 0 Å². The van der Waals surface area contributed by atoms with Crippen LogP contribution in [0.25, 0.3) is 0 Å². The van der Waals surface area contributed by atoms with Gasteiger partial charge in [0.05, 0.1) is 0 Å². The first-order chi connectivity index (χ1) is 8.66. The van der Waals surface area contributed by atoms with Crippen LogP contribution in [0.4, 0.5) is 0 Å². The summed E-state index contributed by atoms with van der Waals surface area (Å²) in [6, 6.07) is 16.1. The summed E-state index contributed by atoms with van der Waals surface area (Å²) in [5, 5.41) is 9.26. The van der Waals surface area contributed by atoms with Crippen LogP contribution in [0.15, 0.2) is 54.6 Å². The summed E-state index contributed by atoms with van der Waals surface area (Å²) in [4.78, 5) is 11.6. The second-order valence-corrected chi connectivity index (χ2v) is 3.98. The molecule has 3 nitrogen and oxygen atoms in total. The zero-order valence-corrected chi connectivity index (χ0v) is 10.0. The van der Waals surface area contributed by atoms with Gasteiger partial charge in [-0.3, -0.25) is 4.79 Å². The molecule has 2 aromatic rings. The highest BCUT2D eigenvalue weighted by Gasteiger charge is 2.12. The third-order valence-electron chi connectivity index (χ3n) is 2.48. The Morgan fingerprint density at radius 1 is 1.06 bits per heavy atom. The van der Waals surface area contributed by atoms with Crippen LogP contribution in [0.1, 0.15) is 17.3 Å². The summed E-state index contributed by atoms with van der Waals surface area (Å²) in [5.41, 5.74) is 0.443. The number of hydrogen-bond donors (Lipinski definition) is 1. The average molecular weight is 242 g/mol. The molecule has 2 rings (SSSR count). The Morgan fingerprint density at radius 2 is 1.72 bits per heavy atom. The van der Waals surface area contributed by atoms with Crippen LogP contribution in [0, 0.1) is 0 Å². The largest absolute Gasteiger partial charge is 0.457 e. The van der Waals surface area contributed by atoms with E-state index in [9.17, 15) is 9.90 Å². The molecule has 2 aromatic carbocycles. The maximum Gasteiger partial charge on any atom is 0.191 e. The minimum atomic E-state index is -1.00. The van der Waals surface area contributed by atoms with Crippen molar-refractivity contribution in [3.8, 4) is 11.5 Å². The lowest BCUT2D eigenvalue weighted by Gasteiger charge is -2.08. The Morgan fingerprint density at radius 3 is 2.39 bits per heavy atom. The standard InChI is InChI=1S/C15H14O3/c1-11(16)15(17)12-6-5-9-14(10-12)18-13-7-3-2-4-8-13/h2-11,16H,1H3/t11-/m0/s1. The van der Waals surface area contributed by atoms with Crippen LogP contribution < -0.4 is 4.74 Å². The second-order valence-electron chi connectivity index (χ2n) is 3.98. The molecule has 0 amide bonds. The number of hydrogen-bond acceptors (Lipinski definition) is 3. The van der Waals surface area contributed by atoms with Crippen molar-refractivity contribution in [3.05, 3.63) is 60.2 Å². The minimum Gasteiger partial charge on any atom is -0.457 e. The van der Waals surface area contributed by atoms with Crippen molar-refractivity contribution < 1.29 is 14.6 Å². The molecule has 0 saturated heterocycles. The molecular formula is C15H14O3. The fourth-order valence-electron chi connectivity index (χ4n) is 1.58. The first-order valence-corrected chi connectivity index (χ1v) is 5.72. The van der Waals surface area contributed by atoms with Gasteiger partial charge in [0.15, 0.2) is 5.78 Å². The highest BCUT2D eigenvalue weighted by atomic mass is 16.5. The predicted octanol–water partition coefficient (Wildman–Crippen LogP) is 3.04. The third-order valence-corrected chi connectivity index (χ3v) is 2.48. The maximum atomic E-state index is 11.6. The Kier molecular flexibility index (Phi) is 3.75. The molecule has 3 heteroatoms. The zero-order valence-electron chi connectivity index (χ0n) is 10.0. The smallest absolute Gasteiger partial charge is 0.191 e. The number of carbonyl (C=O) groups is 1. The summed E-state index contributed by atoms with van der Waals surface area (Å²) >= 11 is 0. The minimum absolute atomic E-state index is 0.312. The second kappa shape index (κ2) is 5.47. The van der Waals surface area contributed by atoms with Gasteiger partial charge in [0.2, 0.25) is 0 Å². The van der Waals surface area contributed by atoms with Gasteiger partial charge in [-0.25, -0.2) is 0 Å². The van der Waals surface area contributed by atoms with E-state index < -0.39 is 6.10 Å². The van der Waals surface area contributed by atoms with Crippen LogP contribution in [-0.2, 0) is 0 Å². The van der Waals surface area contributed by atoms with Crippen LogP contribution >= 0.6 is 0 Å². The van der Waals surface area contributed by atoms with Crippen LogP contribution in [0.3, 0.4) is 0 Å². The summed E-state index contributed by atoms with van der Waals surface area (Å²) < 4.78 is 5.62. The third kappa shape index (κ3) is 2.96. The molecular weight excluding hydrogens is 228 g/mol. The molecule has 0 unspecified atom stereocenters. The number of carbonyl (C=O) groups excluding carboxylic acids is 1. The molecule has 0 heterocycles. The quantitative estimate of drug-likeness (QED) is 0.838. The van der Waals surface area contributed by atoms with Crippen molar-refractivity contribution >= 4 is 5.78 Å². The van der Waals surface area contributed by atoms with E-state index in [1.165, 1.54) is 6.92 Å². The number of ether oxygens (including phenoxy) is 1. The molecule has 18 heavy (non-hydrogen) atoms. The number of para-hydroxylation sites is 1. The Balaban J connectivity index is 2.20. The number of benzene rings is 2. The van der Waals surface area contributed by atoms with E-state index in [-0.39, 0.29) is 5.78 Å². The molecule has 0 spiro atoms. The van der Waals surface area contributed by atoms with E-state index in [0.29, 0.717) is 17.1 Å². The van der Waals surface area contributed by atoms with E-state index in [1.807, 2.05) is 30.3 Å². The maximum absolute atomic E-state index is 11.6. The number of aliphatic hydroxyl groups excluding tert-OH is 1. The molecule has 1 N–H and O–H groups in total. The first kappa shape index (κ1) is 12.3. The van der Waals surface area contributed by atoms with Gasteiger partial charge in [-0.2, -0.15) is 0 Å². The summed E-state index contributed by atoms with van der Waals surface area (Å²) in [7, 11) is 0. The number of Topliss-reactive ketones (excluding diaryl/α,β-unsaturated/α-hetero) is 1. The number of aliphatic hydroxyl groups is 1. The van der Waals surface area contributed by atoms with Crippen molar-refractivity contribution in [2.75, 3.05) is 0 Å². The van der Waals surface area contributed by atoms with Crippen LogP contribution in [-0.4, -0.2) is 17.0 Å². The zero-order chi connectivity index (χ0) is 13.0. The van der Waals surface area contributed by atoms with Gasteiger partial charge in [-0.15, -0.1) is 0 Å². The molecule has 0 saturated carbocycles. The molecule has 0 fully saturated rings. The van der Waals surface area contributed by atoms with E-state index >= 15 is 0 Å². The highest BCUT2D eigenvalue weighted by Crippen LogP contribution is 2.22. The lowest BCUT2D eigenvalue weighted by atomic mass is 10.1. The SMILES string of the molecule is C[C@H](O)C(=O)c1cccc(Oc2ccccc2)c1. The van der Waals surface area contributed by atoms with E-state index in [2.05, 4.69) is 0 Å². The van der Waals surface area contributed by atoms with E-state index in [4.69, 9.17) is 4.74 Å². The van der Waals surface area contributed by atoms with Crippen molar-refractivity contribution in [2.45, 2.75) is 13.0 Å². The molecule has 0 aliphatic rings. The van der Waals surface area contributed by atoms with Gasteiger partial charge < -0.3 is 9.84 Å². The Hall–Kier alpha value is -2.13. The van der Waals surface area contributed by atoms with Crippen molar-refractivity contribution in [1.29, 1.82) is 0 Å². The van der Waals surface area contributed by atoms with Crippen molar-refractivity contribution in [1.82, 2.24) is 0 Å². The molecule has 1 atom stereocenters. The molecule has 0 aliphatic carbocycles. The average Bonchev–Trinajstić information content (AvgIpc) is 2.39.